The van der Waals surface area contributed by atoms with Crippen molar-refractivity contribution in [2.45, 2.75) is 11.4 Å². The molecule has 1 amide bonds. The molecule has 0 saturated heterocycles. The zero-order valence-corrected chi connectivity index (χ0v) is 15.6. The number of nitrogens with zero attached hydrogens (tertiary/aromatic N) is 2. The third-order valence-corrected chi connectivity index (χ3v) is 5.61. The van der Waals surface area contributed by atoms with Crippen LogP contribution in [0.4, 0.5) is 5.69 Å². The van der Waals surface area contributed by atoms with Crippen LogP contribution in [0.5, 0.6) is 0 Å². The largest absolute Gasteiger partial charge is 0.363 e. The lowest BCUT2D eigenvalue weighted by atomic mass is 10.0. The molecule has 2 N–H and O–H groups in total. The summed E-state index contributed by atoms with van der Waals surface area (Å²) < 4.78 is 32.9. The van der Waals surface area contributed by atoms with Crippen LogP contribution in [0.3, 0.4) is 0 Å². The Morgan fingerprint density at radius 2 is 2.03 bits per heavy atom. The molecule has 1 aliphatic heterocycles. The number of carbonyl (C=O) groups is 1. The topological polar surface area (TPSA) is 125 Å². The van der Waals surface area contributed by atoms with Crippen molar-refractivity contribution in [1.82, 2.24) is 10.5 Å². The third-order valence-electron chi connectivity index (χ3n) is 4.25. The SMILES string of the molecule is N#Cc1ccc(NS(=O)(=O)c2cccc(C#Cc3ccon3)c2)c2c1C(=O)NC2. The predicted octanol–water partition coefficient (Wildman–Crippen LogP) is 1.99. The van der Waals surface area contributed by atoms with Crippen LogP contribution in [-0.4, -0.2) is 19.5 Å². The molecule has 3 aromatic rings. The Hall–Kier alpha value is -4.08. The second-order valence-corrected chi connectivity index (χ2v) is 7.76. The van der Waals surface area contributed by atoms with Gasteiger partial charge in [-0.2, -0.15) is 5.26 Å². The molecule has 2 aromatic carbocycles. The molecule has 0 radical (unpaired) electrons. The number of hydrogen-bond donors (Lipinski definition) is 2. The summed E-state index contributed by atoms with van der Waals surface area (Å²) in [5.41, 5.74) is 2.00. The van der Waals surface area contributed by atoms with E-state index >= 15 is 0 Å². The molecule has 0 aliphatic carbocycles. The minimum Gasteiger partial charge on any atom is -0.363 e. The maximum Gasteiger partial charge on any atom is 0.261 e. The molecule has 9 heteroatoms. The number of fused-ring (bicyclic) bond motifs is 1. The highest BCUT2D eigenvalue weighted by Gasteiger charge is 2.27. The molecule has 1 aliphatic rings. The summed E-state index contributed by atoms with van der Waals surface area (Å²) in [6.07, 6.45) is 1.39. The van der Waals surface area contributed by atoms with Crippen molar-refractivity contribution in [3.05, 3.63) is 76.7 Å². The van der Waals surface area contributed by atoms with Gasteiger partial charge in [0.25, 0.3) is 15.9 Å². The Morgan fingerprint density at radius 1 is 1.17 bits per heavy atom. The molecule has 0 atom stereocenters. The first-order valence-electron chi connectivity index (χ1n) is 8.37. The van der Waals surface area contributed by atoms with E-state index in [0.717, 1.165) is 0 Å². The Labute approximate surface area is 166 Å². The summed E-state index contributed by atoms with van der Waals surface area (Å²) in [4.78, 5) is 12.0. The number of amides is 1. The van der Waals surface area contributed by atoms with Gasteiger partial charge in [-0.3, -0.25) is 9.52 Å². The zero-order chi connectivity index (χ0) is 20.4. The van der Waals surface area contributed by atoms with Crippen molar-refractivity contribution >= 4 is 21.6 Å². The quantitative estimate of drug-likeness (QED) is 0.643. The van der Waals surface area contributed by atoms with E-state index in [1.54, 1.807) is 18.2 Å². The number of carbonyl (C=O) groups excluding carboxylic acids is 1. The normalized spacial score (nSPS) is 12.3. The van der Waals surface area contributed by atoms with Crippen LogP contribution in [0, 0.1) is 23.2 Å². The van der Waals surface area contributed by atoms with E-state index in [1.165, 1.54) is 30.5 Å². The highest BCUT2D eigenvalue weighted by Crippen LogP contribution is 2.29. The standard InChI is InChI=1S/C20H12N4O4S/c21-11-14-5-7-18(17-12-22-20(25)19(14)17)24-29(26,27)16-3-1-2-13(10-16)4-6-15-8-9-28-23-15/h1-3,5,7-10,24H,12H2,(H,22,25). The number of hydrogen-bond acceptors (Lipinski definition) is 6. The number of nitrogens with one attached hydrogen (secondary N) is 2. The van der Waals surface area contributed by atoms with Gasteiger partial charge in [-0.15, -0.1) is 0 Å². The molecule has 4 rings (SSSR count). The predicted molar refractivity (Wildman–Crippen MR) is 102 cm³/mol. The lowest BCUT2D eigenvalue weighted by molar-refractivity contribution is 0.0965. The number of aromatic nitrogens is 1. The van der Waals surface area contributed by atoms with Gasteiger partial charge >= 0.3 is 0 Å². The molecular formula is C20H12N4O4S. The highest BCUT2D eigenvalue weighted by atomic mass is 32.2. The van der Waals surface area contributed by atoms with Gasteiger partial charge in [0.05, 0.1) is 27.8 Å². The van der Waals surface area contributed by atoms with E-state index in [-0.39, 0.29) is 28.3 Å². The first-order chi connectivity index (χ1) is 14.0. The number of benzene rings is 2. The van der Waals surface area contributed by atoms with Crippen molar-refractivity contribution < 1.29 is 17.7 Å². The van der Waals surface area contributed by atoms with Gasteiger partial charge in [0.1, 0.15) is 6.26 Å². The van der Waals surface area contributed by atoms with Crippen LogP contribution >= 0.6 is 0 Å². The van der Waals surface area contributed by atoms with Gasteiger partial charge in [0.2, 0.25) is 0 Å². The smallest absolute Gasteiger partial charge is 0.261 e. The van der Waals surface area contributed by atoms with Crippen LogP contribution in [0.15, 0.2) is 58.1 Å². The molecule has 0 unspecified atom stereocenters. The fourth-order valence-corrected chi connectivity index (χ4v) is 4.03. The number of anilines is 1. The molecule has 0 bridgehead atoms. The third kappa shape index (κ3) is 3.55. The summed E-state index contributed by atoms with van der Waals surface area (Å²) in [5, 5.41) is 15.5. The number of nitriles is 1. The number of rotatable bonds is 3. The fourth-order valence-electron chi connectivity index (χ4n) is 2.89. The Morgan fingerprint density at radius 3 is 2.79 bits per heavy atom. The molecule has 1 aromatic heterocycles. The van der Waals surface area contributed by atoms with Gasteiger partial charge in [-0.05, 0) is 36.3 Å². The van der Waals surface area contributed by atoms with Crippen molar-refractivity contribution in [3.63, 3.8) is 0 Å². The van der Waals surface area contributed by atoms with Gasteiger partial charge in [0.15, 0.2) is 5.69 Å². The summed E-state index contributed by atoms with van der Waals surface area (Å²) in [6, 6.07) is 12.6. The summed E-state index contributed by atoms with van der Waals surface area (Å²) in [5.74, 6) is 5.20. The highest BCUT2D eigenvalue weighted by molar-refractivity contribution is 7.92. The van der Waals surface area contributed by atoms with Crippen LogP contribution in [0.2, 0.25) is 0 Å². The van der Waals surface area contributed by atoms with Crippen LogP contribution in [0.1, 0.15) is 32.7 Å². The fraction of sp³-hybridized carbons (Fsp3) is 0.0500. The van der Waals surface area contributed by atoms with Crippen LogP contribution < -0.4 is 10.0 Å². The zero-order valence-electron chi connectivity index (χ0n) is 14.8. The summed E-state index contributed by atoms with van der Waals surface area (Å²) in [7, 11) is -3.94. The molecule has 0 fully saturated rings. The molecule has 142 valence electrons. The van der Waals surface area contributed by atoms with E-state index in [9.17, 15) is 18.5 Å². The molecule has 29 heavy (non-hydrogen) atoms. The maximum atomic E-state index is 12.9. The summed E-state index contributed by atoms with van der Waals surface area (Å²) >= 11 is 0. The monoisotopic (exact) mass is 404 g/mol. The second-order valence-electron chi connectivity index (χ2n) is 6.08. The molecule has 8 nitrogen and oxygen atoms in total. The van der Waals surface area contributed by atoms with Crippen molar-refractivity contribution in [2.24, 2.45) is 0 Å². The molecular weight excluding hydrogens is 392 g/mol. The molecule has 0 spiro atoms. The lowest BCUT2D eigenvalue weighted by Gasteiger charge is -2.12. The van der Waals surface area contributed by atoms with Gasteiger partial charge in [-0.25, -0.2) is 8.42 Å². The average molecular weight is 404 g/mol. The van der Waals surface area contributed by atoms with Gasteiger partial charge in [-0.1, -0.05) is 17.1 Å². The van der Waals surface area contributed by atoms with Crippen molar-refractivity contribution in [3.8, 4) is 17.9 Å². The van der Waals surface area contributed by atoms with E-state index < -0.39 is 15.9 Å². The summed E-state index contributed by atoms with van der Waals surface area (Å²) in [6.45, 7) is 0.144. The van der Waals surface area contributed by atoms with E-state index in [1.807, 2.05) is 6.07 Å². The Bertz CT molecular complexity index is 1330. The van der Waals surface area contributed by atoms with Crippen molar-refractivity contribution in [2.75, 3.05) is 4.72 Å². The second kappa shape index (κ2) is 7.15. The Kier molecular flexibility index (Phi) is 4.51. The Balaban J connectivity index is 1.67. The van der Waals surface area contributed by atoms with Gasteiger partial charge < -0.3 is 9.84 Å². The minimum atomic E-state index is -3.94. The van der Waals surface area contributed by atoms with Crippen LogP contribution in [-0.2, 0) is 16.6 Å². The average Bonchev–Trinajstić information content (AvgIpc) is 3.37. The minimum absolute atomic E-state index is 0.0137. The van der Waals surface area contributed by atoms with E-state index in [2.05, 4.69) is 27.0 Å². The van der Waals surface area contributed by atoms with E-state index in [0.29, 0.717) is 16.8 Å². The van der Waals surface area contributed by atoms with Crippen molar-refractivity contribution in [1.29, 1.82) is 5.26 Å². The molecule has 0 saturated carbocycles. The first kappa shape index (κ1) is 18.3. The van der Waals surface area contributed by atoms with E-state index in [4.69, 9.17) is 4.52 Å². The van der Waals surface area contributed by atoms with Crippen LogP contribution in [0.25, 0.3) is 0 Å². The lowest BCUT2D eigenvalue weighted by Crippen LogP contribution is -2.15. The number of sulfonamides is 1. The van der Waals surface area contributed by atoms with Gasteiger partial charge in [0, 0.05) is 23.7 Å². The molecule has 2 heterocycles. The first-order valence-corrected chi connectivity index (χ1v) is 9.86. The maximum absolute atomic E-state index is 12.9.